The maximum absolute atomic E-state index is 10.1. The predicted molar refractivity (Wildman–Crippen MR) is 74.0 cm³/mol. The number of benzene rings is 2. The molecule has 0 saturated heterocycles. The van der Waals surface area contributed by atoms with Crippen molar-refractivity contribution in [1.29, 1.82) is 0 Å². The Bertz CT molecular complexity index is 605. The molecule has 0 fully saturated rings. The van der Waals surface area contributed by atoms with Gasteiger partial charge in [-0.1, -0.05) is 6.92 Å². The van der Waals surface area contributed by atoms with Crippen molar-refractivity contribution in [2.24, 2.45) is 0 Å². The minimum absolute atomic E-state index is 0.110. The highest BCUT2D eigenvalue weighted by Gasteiger charge is 2.16. The molecule has 0 amide bonds. The van der Waals surface area contributed by atoms with Gasteiger partial charge < -0.3 is 19.7 Å². The summed E-state index contributed by atoms with van der Waals surface area (Å²) in [4.78, 5) is 0. The van der Waals surface area contributed by atoms with Crippen LogP contribution in [0.25, 0.3) is 10.8 Å². The number of methoxy groups -OCH3 is 2. The minimum atomic E-state index is -0.110. The molecule has 0 saturated carbocycles. The molecule has 2 rings (SSSR count). The van der Waals surface area contributed by atoms with E-state index in [4.69, 9.17) is 9.47 Å². The third kappa shape index (κ3) is 2.19. The summed E-state index contributed by atoms with van der Waals surface area (Å²) < 4.78 is 10.7. The summed E-state index contributed by atoms with van der Waals surface area (Å²) >= 11 is 0. The summed E-state index contributed by atoms with van der Waals surface area (Å²) in [5.41, 5.74) is 1.63. The second-order valence-corrected chi connectivity index (χ2v) is 4.31. The van der Waals surface area contributed by atoms with Crippen molar-refractivity contribution >= 4 is 10.8 Å². The Hall–Kier alpha value is -1.94. The highest BCUT2D eigenvalue weighted by Crippen LogP contribution is 2.41. The van der Waals surface area contributed by atoms with Gasteiger partial charge in [0.15, 0.2) is 11.5 Å². The lowest BCUT2D eigenvalue weighted by molar-refractivity contribution is 0.281. The summed E-state index contributed by atoms with van der Waals surface area (Å²) in [5.74, 6) is 1.41. The van der Waals surface area contributed by atoms with Crippen LogP contribution in [0.4, 0.5) is 0 Å². The van der Waals surface area contributed by atoms with E-state index in [-0.39, 0.29) is 12.4 Å². The number of rotatable bonds is 4. The highest BCUT2D eigenvalue weighted by atomic mass is 16.5. The van der Waals surface area contributed by atoms with Gasteiger partial charge in [-0.05, 0) is 35.6 Å². The highest BCUT2D eigenvalue weighted by molar-refractivity contribution is 5.95. The standard InChI is InChI=1S/C15H18O4/c1-4-10-11-5-9(8-16)6-13(17)12(11)7-14(18-2)15(10)19-3/h5-7,16-17H,4,8H2,1-3H3. The molecule has 4 heteroatoms. The molecular formula is C15H18O4. The summed E-state index contributed by atoms with van der Waals surface area (Å²) in [6, 6.07) is 5.19. The molecule has 2 aromatic rings. The van der Waals surface area contributed by atoms with Crippen molar-refractivity contribution in [3.63, 3.8) is 0 Å². The Kier molecular flexibility index (Phi) is 3.81. The molecule has 0 aliphatic carbocycles. The summed E-state index contributed by atoms with van der Waals surface area (Å²) in [7, 11) is 3.17. The number of hydrogen-bond acceptors (Lipinski definition) is 4. The lowest BCUT2D eigenvalue weighted by Crippen LogP contribution is -1.97. The fourth-order valence-electron chi connectivity index (χ4n) is 2.38. The summed E-state index contributed by atoms with van der Waals surface area (Å²) in [5, 5.41) is 20.9. The minimum Gasteiger partial charge on any atom is -0.507 e. The lowest BCUT2D eigenvalue weighted by atomic mass is 9.98. The molecule has 4 nitrogen and oxygen atoms in total. The second-order valence-electron chi connectivity index (χ2n) is 4.31. The Morgan fingerprint density at radius 3 is 2.32 bits per heavy atom. The van der Waals surface area contributed by atoms with Crippen LogP contribution in [0.15, 0.2) is 18.2 Å². The number of aliphatic hydroxyl groups is 1. The largest absolute Gasteiger partial charge is 0.507 e. The van der Waals surface area contributed by atoms with Crippen LogP contribution in [-0.4, -0.2) is 24.4 Å². The molecule has 0 radical (unpaired) electrons. The Morgan fingerprint density at radius 2 is 1.79 bits per heavy atom. The molecule has 2 aromatic carbocycles. The molecule has 0 heterocycles. The molecule has 0 atom stereocenters. The number of phenols is 1. The smallest absolute Gasteiger partial charge is 0.164 e. The number of fused-ring (bicyclic) bond motifs is 1. The Morgan fingerprint density at radius 1 is 1.05 bits per heavy atom. The van der Waals surface area contributed by atoms with Crippen molar-refractivity contribution in [1.82, 2.24) is 0 Å². The molecule has 0 spiro atoms. The number of aliphatic hydroxyl groups excluding tert-OH is 1. The third-order valence-corrected chi connectivity index (χ3v) is 3.28. The molecule has 0 aliphatic heterocycles. The Balaban J connectivity index is 2.88. The predicted octanol–water partition coefficient (Wildman–Crippen LogP) is 2.62. The van der Waals surface area contributed by atoms with Crippen LogP contribution in [0.5, 0.6) is 17.2 Å². The fourth-order valence-corrected chi connectivity index (χ4v) is 2.38. The van der Waals surface area contributed by atoms with Gasteiger partial charge >= 0.3 is 0 Å². The molecule has 0 aromatic heterocycles. The van der Waals surface area contributed by atoms with Crippen molar-refractivity contribution in [3.8, 4) is 17.2 Å². The van der Waals surface area contributed by atoms with Gasteiger partial charge in [0, 0.05) is 10.9 Å². The number of hydrogen-bond donors (Lipinski definition) is 2. The molecule has 0 aliphatic rings. The van der Waals surface area contributed by atoms with Crippen molar-refractivity contribution < 1.29 is 19.7 Å². The van der Waals surface area contributed by atoms with E-state index in [1.165, 1.54) is 0 Å². The fraction of sp³-hybridized carbons (Fsp3) is 0.333. The van der Waals surface area contributed by atoms with Gasteiger partial charge in [0.1, 0.15) is 5.75 Å². The molecule has 0 bridgehead atoms. The summed E-state index contributed by atoms with van der Waals surface area (Å²) in [6.07, 6.45) is 0.741. The average molecular weight is 262 g/mol. The van der Waals surface area contributed by atoms with E-state index in [0.29, 0.717) is 22.4 Å². The monoisotopic (exact) mass is 262 g/mol. The van der Waals surface area contributed by atoms with Gasteiger partial charge in [-0.3, -0.25) is 0 Å². The summed E-state index contributed by atoms with van der Waals surface area (Å²) in [6.45, 7) is 1.90. The lowest BCUT2D eigenvalue weighted by Gasteiger charge is -2.16. The van der Waals surface area contributed by atoms with Crippen molar-refractivity contribution in [2.75, 3.05) is 14.2 Å². The average Bonchev–Trinajstić information content (AvgIpc) is 2.44. The maximum atomic E-state index is 10.1. The topological polar surface area (TPSA) is 58.9 Å². The first kappa shape index (κ1) is 13.5. The van der Waals surface area contributed by atoms with E-state index >= 15 is 0 Å². The number of phenolic OH excluding ortho intramolecular Hbond substituents is 1. The van der Waals surface area contributed by atoms with Crippen LogP contribution >= 0.6 is 0 Å². The quantitative estimate of drug-likeness (QED) is 0.889. The zero-order chi connectivity index (χ0) is 14.0. The van der Waals surface area contributed by atoms with Gasteiger partial charge in [0.25, 0.3) is 0 Å². The maximum Gasteiger partial charge on any atom is 0.164 e. The normalized spacial score (nSPS) is 10.7. The van der Waals surface area contributed by atoms with Gasteiger partial charge in [-0.2, -0.15) is 0 Å². The van der Waals surface area contributed by atoms with E-state index in [2.05, 4.69) is 0 Å². The SMILES string of the molecule is CCc1c(OC)c(OC)cc2c(O)cc(CO)cc12. The van der Waals surface area contributed by atoms with Gasteiger partial charge in [-0.25, -0.2) is 0 Å². The molecular weight excluding hydrogens is 244 g/mol. The van der Waals surface area contributed by atoms with E-state index < -0.39 is 0 Å². The second kappa shape index (κ2) is 5.36. The van der Waals surface area contributed by atoms with E-state index in [0.717, 1.165) is 17.4 Å². The van der Waals surface area contributed by atoms with E-state index in [9.17, 15) is 10.2 Å². The van der Waals surface area contributed by atoms with Crippen LogP contribution in [-0.2, 0) is 13.0 Å². The molecule has 0 unspecified atom stereocenters. The molecule has 19 heavy (non-hydrogen) atoms. The van der Waals surface area contributed by atoms with Crippen LogP contribution in [0.2, 0.25) is 0 Å². The number of aryl methyl sites for hydroxylation is 1. The van der Waals surface area contributed by atoms with Gasteiger partial charge in [0.2, 0.25) is 0 Å². The van der Waals surface area contributed by atoms with Crippen molar-refractivity contribution in [3.05, 3.63) is 29.3 Å². The van der Waals surface area contributed by atoms with Gasteiger partial charge in [0.05, 0.1) is 20.8 Å². The van der Waals surface area contributed by atoms with E-state index in [1.54, 1.807) is 26.4 Å². The first-order valence-corrected chi connectivity index (χ1v) is 6.16. The third-order valence-electron chi connectivity index (χ3n) is 3.28. The molecule has 2 N–H and O–H groups in total. The van der Waals surface area contributed by atoms with E-state index in [1.807, 2.05) is 13.0 Å². The first-order chi connectivity index (χ1) is 9.15. The zero-order valence-electron chi connectivity index (χ0n) is 11.4. The van der Waals surface area contributed by atoms with Crippen LogP contribution in [0.1, 0.15) is 18.1 Å². The van der Waals surface area contributed by atoms with Gasteiger partial charge in [-0.15, -0.1) is 0 Å². The van der Waals surface area contributed by atoms with Crippen LogP contribution < -0.4 is 9.47 Å². The zero-order valence-corrected chi connectivity index (χ0v) is 11.4. The Labute approximate surface area is 112 Å². The van der Waals surface area contributed by atoms with Crippen LogP contribution in [0.3, 0.4) is 0 Å². The first-order valence-electron chi connectivity index (χ1n) is 6.16. The number of ether oxygens (including phenoxy) is 2. The molecule has 102 valence electrons. The van der Waals surface area contributed by atoms with Crippen LogP contribution in [0, 0.1) is 0 Å². The number of aromatic hydroxyl groups is 1. The van der Waals surface area contributed by atoms with Crippen molar-refractivity contribution in [2.45, 2.75) is 20.0 Å².